The van der Waals surface area contributed by atoms with E-state index in [0.717, 1.165) is 16.7 Å². The van der Waals surface area contributed by atoms with Crippen molar-refractivity contribution < 1.29 is 18.7 Å². The van der Waals surface area contributed by atoms with Crippen molar-refractivity contribution in [1.82, 2.24) is 0 Å². The molecular weight excluding hydrogens is 346 g/mol. The number of carbonyl (C=O) groups excluding carboxylic acids is 1. The number of hydrogen-bond donors (Lipinski definition) is 1. The number of phenols is 1. The maximum Gasteiger partial charge on any atom is 0.165 e. The molecule has 0 aromatic heterocycles. The van der Waals surface area contributed by atoms with Gasteiger partial charge in [0.15, 0.2) is 17.4 Å². The Morgan fingerprint density at radius 1 is 1.00 bits per heavy atom. The van der Waals surface area contributed by atoms with Crippen molar-refractivity contribution in [3.05, 3.63) is 51.6 Å². The van der Waals surface area contributed by atoms with E-state index in [4.69, 9.17) is 0 Å². The summed E-state index contributed by atoms with van der Waals surface area (Å²) in [6, 6.07) is 3.84. The maximum atomic E-state index is 13.9. The van der Waals surface area contributed by atoms with Gasteiger partial charge in [-0.25, -0.2) is 8.78 Å². The molecule has 2 nitrogen and oxygen atoms in total. The van der Waals surface area contributed by atoms with Crippen molar-refractivity contribution in [2.24, 2.45) is 0 Å². The third-order valence-corrected chi connectivity index (χ3v) is 5.04. The Morgan fingerprint density at radius 2 is 1.48 bits per heavy atom. The van der Waals surface area contributed by atoms with Crippen molar-refractivity contribution in [2.75, 3.05) is 0 Å². The monoisotopic (exact) mass is 376 g/mol. The fourth-order valence-corrected chi connectivity index (χ4v) is 3.35. The molecule has 27 heavy (non-hydrogen) atoms. The highest BCUT2D eigenvalue weighted by Crippen LogP contribution is 2.40. The first-order valence-electron chi connectivity index (χ1n) is 9.37. The lowest BCUT2D eigenvalue weighted by Gasteiger charge is -2.28. The topological polar surface area (TPSA) is 37.3 Å². The molecule has 0 radical (unpaired) electrons. The number of aromatic hydroxyl groups is 1. The van der Waals surface area contributed by atoms with Crippen LogP contribution in [0.25, 0.3) is 0 Å². The molecule has 1 aliphatic carbocycles. The standard InChI is InChI=1S/C23H30F2O2/c1-13-10-15(20(25)19(13)24)18(26)9-8-14-11-16(22(2,3)4)21(27)17(12-14)23(5,6)7/h11-12,27H,8-10H2,1-7H3. The Hall–Kier alpha value is -1.97. The second-order valence-electron chi connectivity index (χ2n) is 9.53. The van der Waals surface area contributed by atoms with Gasteiger partial charge in [-0.15, -0.1) is 0 Å². The van der Waals surface area contributed by atoms with Crippen LogP contribution in [-0.4, -0.2) is 10.9 Å². The molecule has 0 unspecified atom stereocenters. The number of benzene rings is 1. The van der Waals surface area contributed by atoms with E-state index in [2.05, 4.69) is 0 Å². The fourth-order valence-electron chi connectivity index (χ4n) is 3.35. The molecule has 0 heterocycles. The number of ketones is 1. The number of aryl methyl sites for hydroxylation is 1. The molecule has 4 heteroatoms. The lowest BCUT2D eigenvalue weighted by Crippen LogP contribution is -2.18. The second kappa shape index (κ2) is 7.21. The zero-order valence-corrected chi connectivity index (χ0v) is 17.4. The van der Waals surface area contributed by atoms with Crippen LogP contribution in [-0.2, 0) is 22.0 Å². The van der Waals surface area contributed by atoms with Gasteiger partial charge in [0, 0.05) is 18.4 Å². The van der Waals surface area contributed by atoms with Gasteiger partial charge in [0.05, 0.1) is 0 Å². The molecule has 0 saturated carbocycles. The average Bonchev–Trinajstić information content (AvgIpc) is 2.79. The van der Waals surface area contributed by atoms with Crippen LogP contribution in [0.2, 0.25) is 0 Å². The summed E-state index contributed by atoms with van der Waals surface area (Å²) in [6.45, 7) is 13.7. The SMILES string of the molecule is CC1=C(F)C(F)=C(C(=O)CCc2cc(C(C)(C)C)c(O)c(C(C)(C)C)c2)C1. The van der Waals surface area contributed by atoms with Crippen LogP contribution < -0.4 is 0 Å². The zero-order valence-electron chi connectivity index (χ0n) is 17.4. The molecule has 2 rings (SSSR count). The summed E-state index contributed by atoms with van der Waals surface area (Å²) < 4.78 is 27.5. The Kier molecular flexibility index (Phi) is 5.70. The second-order valence-corrected chi connectivity index (χ2v) is 9.53. The Morgan fingerprint density at radius 3 is 1.85 bits per heavy atom. The molecule has 0 saturated heterocycles. The van der Waals surface area contributed by atoms with Crippen LogP contribution in [0.3, 0.4) is 0 Å². The highest BCUT2D eigenvalue weighted by atomic mass is 19.2. The highest BCUT2D eigenvalue weighted by molar-refractivity contribution is 5.97. The lowest BCUT2D eigenvalue weighted by atomic mass is 9.78. The van der Waals surface area contributed by atoms with Gasteiger partial charge in [-0.1, -0.05) is 53.7 Å². The minimum absolute atomic E-state index is 0.0482. The largest absolute Gasteiger partial charge is 0.507 e. The van der Waals surface area contributed by atoms with E-state index in [-0.39, 0.29) is 46.4 Å². The van der Waals surface area contributed by atoms with Gasteiger partial charge < -0.3 is 5.11 Å². The smallest absolute Gasteiger partial charge is 0.165 e. The number of phenolic OH excluding ortho intramolecular Hbond substituents is 1. The number of Topliss-reactive ketones (excluding diaryl/α,β-unsaturated/α-hetero) is 1. The Bertz CT molecular complexity index is 796. The van der Waals surface area contributed by atoms with Gasteiger partial charge in [0.2, 0.25) is 0 Å². The molecule has 0 atom stereocenters. The van der Waals surface area contributed by atoms with E-state index < -0.39 is 11.7 Å². The molecule has 0 fully saturated rings. The van der Waals surface area contributed by atoms with Crippen LogP contribution in [0.15, 0.2) is 34.9 Å². The van der Waals surface area contributed by atoms with Crippen LogP contribution in [0, 0.1) is 0 Å². The number of hydrogen-bond acceptors (Lipinski definition) is 2. The zero-order chi connectivity index (χ0) is 20.7. The minimum atomic E-state index is -1.01. The number of rotatable bonds is 4. The number of allylic oxidation sites excluding steroid dienone is 4. The van der Waals surface area contributed by atoms with Crippen molar-refractivity contribution in [2.45, 2.75) is 78.6 Å². The summed E-state index contributed by atoms with van der Waals surface area (Å²) in [4.78, 5) is 12.4. The molecule has 1 aromatic rings. The fraction of sp³-hybridized carbons (Fsp3) is 0.522. The van der Waals surface area contributed by atoms with Gasteiger partial charge >= 0.3 is 0 Å². The normalized spacial score (nSPS) is 15.7. The first kappa shape index (κ1) is 21.3. The van der Waals surface area contributed by atoms with Gasteiger partial charge in [0.1, 0.15) is 5.75 Å². The minimum Gasteiger partial charge on any atom is -0.507 e. The van der Waals surface area contributed by atoms with Gasteiger partial charge in [-0.3, -0.25) is 4.79 Å². The molecule has 1 N–H and O–H groups in total. The summed E-state index contributed by atoms with van der Waals surface area (Å²) in [7, 11) is 0. The third-order valence-electron chi connectivity index (χ3n) is 5.04. The summed E-state index contributed by atoms with van der Waals surface area (Å²) in [5, 5.41) is 10.8. The summed E-state index contributed by atoms with van der Waals surface area (Å²) in [6.07, 6.45) is 0.580. The lowest BCUT2D eigenvalue weighted by molar-refractivity contribution is -0.115. The van der Waals surface area contributed by atoms with E-state index in [1.807, 2.05) is 53.7 Å². The van der Waals surface area contributed by atoms with E-state index in [9.17, 15) is 18.7 Å². The molecule has 0 aliphatic heterocycles. The summed E-state index contributed by atoms with van der Waals surface area (Å²) in [5.41, 5.74) is 2.27. The quantitative estimate of drug-likeness (QED) is 0.664. The summed E-state index contributed by atoms with van der Waals surface area (Å²) in [5.74, 6) is -1.97. The molecule has 0 bridgehead atoms. The van der Waals surface area contributed by atoms with E-state index in [0.29, 0.717) is 6.42 Å². The number of halogens is 2. The van der Waals surface area contributed by atoms with E-state index >= 15 is 0 Å². The summed E-state index contributed by atoms with van der Waals surface area (Å²) >= 11 is 0. The van der Waals surface area contributed by atoms with Gasteiger partial charge in [-0.2, -0.15) is 0 Å². The Balaban J connectivity index is 2.31. The maximum absolute atomic E-state index is 13.9. The molecular formula is C23H30F2O2. The third kappa shape index (κ3) is 4.48. The number of carbonyl (C=O) groups is 1. The molecule has 148 valence electrons. The predicted octanol–water partition coefficient (Wildman–Crippen LogP) is 6.36. The van der Waals surface area contributed by atoms with E-state index in [1.54, 1.807) is 0 Å². The van der Waals surface area contributed by atoms with Crippen molar-refractivity contribution in [1.29, 1.82) is 0 Å². The van der Waals surface area contributed by atoms with Crippen LogP contribution in [0.5, 0.6) is 5.75 Å². The molecule has 1 aliphatic rings. The van der Waals surface area contributed by atoms with Crippen molar-refractivity contribution in [3.8, 4) is 5.75 Å². The van der Waals surface area contributed by atoms with Gasteiger partial charge in [-0.05, 0) is 46.4 Å². The van der Waals surface area contributed by atoms with Crippen molar-refractivity contribution in [3.63, 3.8) is 0 Å². The Labute approximate surface area is 161 Å². The van der Waals surface area contributed by atoms with Crippen LogP contribution in [0.1, 0.15) is 78.0 Å². The van der Waals surface area contributed by atoms with Crippen molar-refractivity contribution >= 4 is 5.78 Å². The molecule has 0 spiro atoms. The molecule has 0 amide bonds. The van der Waals surface area contributed by atoms with E-state index in [1.165, 1.54) is 6.92 Å². The molecule has 1 aromatic carbocycles. The first-order chi connectivity index (χ1) is 12.2. The highest BCUT2D eigenvalue weighted by Gasteiger charge is 2.29. The van der Waals surface area contributed by atoms with Crippen LogP contribution >= 0.6 is 0 Å². The predicted molar refractivity (Wildman–Crippen MR) is 105 cm³/mol. The first-order valence-corrected chi connectivity index (χ1v) is 9.37. The van der Waals surface area contributed by atoms with Gasteiger partial charge in [0.25, 0.3) is 0 Å². The average molecular weight is 376 g/mol. The van der Waals surface area contributed by atoms with Crippen LogP contribution in [0.4, 0.5) is 8.78 Å².